The van der Waals surface area contributed by atoms with Crippen LogP contribution in [-0.4, -0.2) is 11.8 Å². The lowest BCUT2D eigenvalue weighted by molar-refractivity contribution is 0.684. The SMILES string of the molecule is C1=CNC2CCSC2=C1.N. The van der Waals surface area contributed by atoms with Crippen molar-refractivity contribution >= 4 is 11.8 Å². The Hall–Kier alpha value is -0.410. The van der Waals surface area contributed by atoms with Gasteiger partial charge in [-0.15, -0.1) is 11.8 Å². The molecule has 0 aromatic heterocycles. The van der Waals surface area contributed by atoms with Gasteiger partial charge in [-0.3, -0.25) is 0 Å². The maximum atomic E-state index is 3.31. The topological polar surface area (TPSA) is 47.0 Å². The second-order valence-corrected chi connectivity index (χ2v) is 3.45. The van der Waals surface area contributed by atoms with Gasteiger partial charge in [0.2, 0.25) is 0 Å². The third-order valence-electron chi connectivity index (χ3n) is 1.67. The lowest BCUT2D eigenvalue weighted by atomic mass is 10.2. The monoisotopic (exact) mass is 156 g/mol. The van der Waals surface area contributed by atoms with Crippen LogP contribution in [0.25, 0.3) is 0 Å². The first-order valence-electron chi connectivity index (χ1n) is 3.22. The summed E-state index contributed by atoms with van der Waals surface area (Å²) in [5.74, 6) is 1.28. The quantitative estimate of drug-likeness (QED) is 0.560. The number of hydrogen-bond acceptors (Lipinski definition) is 3. The van der Waals surface area contributed by atoms with Crippen molar-refractivity contribution in [3.05, 3.63) is 23.3 Å². The van der Waals surface area contributed by atoms with E-state index in [1.807, 2.05) is 18.0 Å². The Morgan fingerprint density at radius 1 is 1.60 bits per heavy atom. The van der Waals surface area contributed by atoms with E-state index in [-0.39, 0.29) is 6.15 Å². The second-order valence-electron chi connectivity index (χ2n) is 2.28. The first-order valence-corrected chi connectivity index (χ1v) is 4.21. The minimum Gasteiger partial charge on any atom is -0.384 e. The molecule has 0 aromatic carbocycles. The van der Waals surface area contributed by atoms with Gasteiger partial charge in [0, 0.05) is 10.7 Å². The van der Waals surface area contributed by atoms with Crippen LogP contribution in [0.5, 0.6) is 0 Å². The van der Waals surface area contributed by atoms with Crippen LogP contribution < -0.4 is 11.5 Å². The van der Waals surface area contributed by atoms with Crippen molar-refractivity contribution in [2.24, 2.45) is 0 Å². The van der Waals surface area contributed by atoms with E-state index in [1.165, 1.54) is 17.1 Å². The molecule has 0 bridgehead atoms. The van der Waals surface area contributed by atoms with E-state index in [4.69, 9.17) is 0 Å². The van der Waals surface area contributed by atoms with Crippen LogP contribution in [0.4, 0.5) is 0 Å². The fourth-order valence-electron chi connectivity index (χ4n) is 1.18. The Labute approximate surface area is 65.3 Å². The molecule has 1 fully saturated rings. The van der Waals surface area contributed by atoms with Crippen molar-refractivity contribution in [2.45, 2.75) is 12.5 Å². The van der Waals surface area contributed by atoms with Crippen LogP contribution in [0, 0.1) is 0 Å². The molecule has 2 heterocycles. The molecule has 1 unspecified atom stereocenters. The number of fused-ring (bicyclic) bond motifs is 1. The molecule has 10 heavy (non-hydrogen) atoms. The number of nitrogens with one attached hydrogen (secondary N) is 1. The summed E-state index contributed by atoms with van der Waals surface area (Å²) in [7, 11) is 0. The molecule has 1 saturated heterocycles. The highest BCUT2D eigenvalue weighted by atomic mass is 32.2. The molecule has 2 aliphatic rings. The molecule has 0 saturated carbocycles. The number of thioether (sulfide) groups is 1. The third kappa shape index (κ3) is 1.20. The Kier molecular flexibility index (Phi) is 2.40. The molecule has 1 atom stereocenters. The van der Waals surface area contributed by atoms with E-state index in [0.717, 1.165) is 0 Å². The van der Waals surface area contributed by atoms with Gasteiger partial charge < -0.3 is 11.5 Å². The molecule has 2 nitrogen and oxygen atoms in total. The summed E-state index contributed by atoms with van der Waals surface area (Å²) in [4.78, 5) is 1.51. The summed E-state index contributed by atoms with van der Waals surface area (Å²) >= 11 is 1.97. The average Bonchev–Trinajstić information content (AvgIpc) is 2.33. The lowest BCUT2D eigenvalue weighted by Gasteiger charge is -2.13. The zero-order valence-corrected chi connectivity index (χ0v) is 6.66. The zero-order valence-electron chi connectivity index (χ0n) is 5.84. The highest BCUT2D eigenvalue weighted by molar-refractivity contribution is 8.03. The van der Waals surface area contributed by atoms with Crippen LogP contribution in [0.2, 0.25) is 0 Å². The molecular formula is C7H12N2S. The van der Waals surface area contributed by atoms with Crippen molar-refractivity contribution in [3.63, 3.8) is 0 Å². The maximum absolute atomic E-state index is 3.31. The minimum absolute atomic E-state index is 0. The standard InChI is InChI=1S/C7H9NS.H3N/c1-2-7-6(8-4-1)3-5-9-7;/h1-2,4,6,8H,3,5H2;1H3. The summed E-state index contributed by atoms with van der Waals surface area (Å²) in [5, 5.41) is 3.31. The van der Waals surface area contributed by atoms with E-state index >= 15 is 0 Å². The molecule has 0 aromatic rings. The van der Waals surface area contributed by atoms with Gasteiger partial charge >= 0.3 is 0 Å². The Morgan fingerprint density at radius 2 is 2.50 bits per heavy atom. The molecule has 0 aliphatic carbocycles. The molecule has 0 radical (unpaired) electrons. The lowest BCUT2D eigenvalue weighted by Crippen LogP contribution is -2.23. The first kappa shape index (κ1) is 7.69. The molecular weight excluding hydrogens is 144 g/mol. The van der Waals surface area contributed by atoms with Gasteiger partial charge in [0.1, 0.15) is 0 Å². The highest BCUT2D eigenvalue weighted by Gasteiger charge is 2.20. The van der Waals surface area contributed by atoms with Crippen molar-refractivity contribution in [1.82, 2.24) is 11.5 Å². The predicted octanol–water partition coefficient (Wildman–Crippen LogP) is 1.65. The minimum atomic E-state index is 0. The van der Waals surface area contributed by atoms with E-state index in [0.29, 0.717) is 6.04 Å². The molecule has 0 spiro atoms. The number of allylic oxidation sites excluding steroid dienone is 2. The Balaban J connectivity index is 0.000000500. The van der Waals surface area contributed by atoms with Crippen molar-refractivity contribution < 1.29 is 0 Å². The summed E-state index contributed by atoms with van der Waals surface area (Å²) in [5.41, 5.74) is 0. The zero-order chi connectivity index (χ0) is 6.10. The number of dihydropyridines is 1. The van der Waals surface area contributed by atoms with Gasteiger partial charge in [0.15, 0.2) is 0 Å². The van der Waals surface area contributed by atoms with Crippen LogP contribution >= 0.6 is 11.8 Å². The summed E-state index contributed by atoms with van der Waals surface area (Å²) in [6, 6.07) is 0.653. The van der Waals surface area contributed by atoms with Crippen LogP contribution in [0.3, 0.4) is 0 Å². The number of rotatable bonds is 0. The van der Waals surface area contributed by atoms with Crippen LogP contribution in [0.1, 0.15) is 6.42 Å². The van der Waals surface area contributed by atoms with E-state index in [2.05, 4.69) is 17.5 Å². The summed E-state index contributed by atoms with van der Waals surface area (Å²) in [6.07, 6.45) is 7.60. The van der Waals surface area contributed by atoms with Crippen molar-refractivity contribution in [1.29, 1.82) is 0 Å². The number of hydrogen-bond donors (Lipinski definition) is 2. The Morgan fingerprint density at radius 3 is 3.30 bits per heavy atom. The molecule has 4 N–H and O–H groups in total. The predicted molar refractivity (Wildman–Crippen MR) is 46.2 cm³/mol. The van der Waals surface area contributed by atoms with Gasteiger partial charge in [-0.25, -0.2) is 0 Å². The molecule has 2 aliphatic heterocycles. The largest absolute Gasteiger partial charge is 0.384 e. The van der Waals surface area contributed by atoms with Crippen LogP contribution in [0.15, 0.2) is 23.3 Å². The molecule has 3 heteroatoms. The summed E-state index contributed by atoms with van der Waals surface area (Å²) < 4.78 is 0. The maximum Gasteiger partial charge on any atom is 0.0575 e. The van der Waals surface area contributed by atoms with Gasteiger partial charge in [-0.2, -0.15) is 0 Å². The Bertz CT molecular complexity index is 174. The van der Waals surface area contributed by atoms with E-state index < -0.39 is 0 Å². The van der Waals surface area contributed by atoms with E-state index in [1.54, 1.807) is 0 Å². The van der Waals surface area contributed by atoms with Gasteiger partial charge in [-0.05, 0) is 24.8 Å². The summed E-state index contributed by atoms with van der Waals surface area (Å²) in [6.45, 7) is 0. The third-order valence-corrected chi connectivity index (χ3v) is 2.87. The average molecular weight is 156 g/mol. The molecule has 2 rings (SSSR count). The second kappa shape index (κ2) is 3.12. The van der Waals surface area contributed by atoms with Crippen molar-refractivity contribution in [2.75, 3.05) is 5.75 Å². The smallest absolute Gasteiger partial charge is 0.0575 e. The van der Waals surface area contributed by atoms with Gasteiger partial charge in [-0.1, -0.05) is 0 Å². The highest BCUT2D eigenvalue weighted by Crippen LogP contribution is 2.31. The fraction of sp³-hybridized carbons (Fsp3) is 0.429. The normalized spacial score (nSPS) is 28.0. The first-order chi connectivity index (χ1) is 4.47. The molecule has 56 valence electrons. The van der Waals surface area contributed by atoms with Crippen LogP contribution in [-0.2, 0) is 0 Å². The van der Waals surface area contributed by atoms with Gasteiger partial charge in [0.25, 0.3) is 0 Å². The molecule has 0 amide bonds. The van der Waals surface area contributed by atoms with E-state index in [9.17, 15) is 0 Å². The van der Waals surface area contributed by atoms with Crippen molar-refractivity contribution in [3.8, 4) is 0 Å². The van der Waals surface area contributed by atoms with Gasteiger partial charge in [0.05, 0.1) is 6.04 Å². The fourth-order valence-corrected chi connectivity index (χ4v) is 2.33.